The molecule has 2 saturated heterocycles. The molecule has 3 aliphatic rings. The van der Waals surface area contributed by atoms with Crippen molar-refractivity contribution in [3.63, 3.8) is 0 Å². The first-order chi connectivity index (χ1) is 12.5. The SMILES string of the molecule is O=C1NCC(c2cc(N3CC(F)C4(CC4)C3)c3ncc(F)n3n2)C(=O)N1. The van der Waals surface area contributed by atoms with Crippen LogP contribution in [0.1, 0.15) is 24.5 Å². The summed E-state index contributed by atoms with van der Waals surface area (Å²) in [6, 6.07) is 1.08. The van der Waals surface area contributed by atoms with E-state index in [2.05, 4.69) is 20.7 Å². The lowest BCUT2D eigenvalue weighted by atomic mass is 10.0. The van der Waals surface area contributed by atoms with E-state index in [1.54, 1.807) is 6.07 Å². The number of hydrogen-bond acceptors (Lipinski definition) is 5. The summed E-state index contributed by atoms with van der Waals surface area (Å²) >= 11 is 0. The molecule has 3 fully saturated rings. The fourth-order valence-corrected chi connectivity index (χ4v) is 3.86. The monoisotopic (exact) mass is 362 g/mol. The smallest absolute Gasteiger partial charge is 0.321 e. The molecule has 136 valence electrons. The number of fused-ring (bicyclic) bond motifs is 1. The highest BCUT2D eigenvalue weighted by Gasteiger charge is 2.56. The van der Waals surface area contributed by atoms with Gasteiger partial charge in [-0.25, -0.2) is 14.2 Å². The first kappa shape index (κ1) is 15.5. The molecule has 2 unspecified atom stereocenters. The summed E-state index contributed by atoms with van der Waals surface area (Å²) < 4.78 is 29.6. The van der Waals surface area contributed by atoms with E-state index in [-0.39, 0.29) is 24.2 Å². The summed E-state index contributed by atoms with van der Waals surface area (Å²) in [6.45, 7) is 0.811. The number of halogens is 2. The molecule has 1 aliphatic carbocycles. The highest BCUT2D eigenvalue weighted by Crippen LogP contribution is 2.55. The van der Waals surface area contributed by atoms with Gasteiger partial charge in [-0.1, -0.05) is 0 Å². The van der Waals surface area contributed by atoms with Crippen molar-refractivity contribution in [2.75, 3.05) is 24.5 Å². The minimum Gasteiger partial charge on any atom is -0.365 e. The first-order valence-electron chi connectivity index (χ1n) is 8.49. The molecule has 5 rings (SSSR count). The molecule has 1 saturated carbocycles. The number of hydrogen-bond donors (Lipinski definition) is 2. The zero-order chi connectivity index (χ0) is 18.1. The molecule has 3 amide bonds. The summed E-state index contributed by atoms with van der Waals surface area (Å²) in [5.41, 5.74) is 0.836. The Bertz CT molecular complexity index is 940. The first-order valence-corrected chi connectivity index (χ1v) is 8.49. The van der Waals surface area contributed by atoms with Crippen LogP contribution in [0.5, 0.6) is 0 Å². The van der Waals surface area contributed by atoms with E-state index in [0.29, 0.717) is 17.9 Å². The summed E-state index contributed by atoms with van der Waals surface area (Å²) in [7, 11) is 0. The maximum atomic E-state index is 14.4. The van der Waals surface area contributed by atoms with Crippen molar-refractivity contribution in [1.82, 2.24) is 25.2 Å². The number of carbonyl (C=O) groups is 2. The van der Waals surface area contributed by atoms with Gasteiger partial charge in [-0.05, 0) is 18.9 Å². The molecule has 10 heteroatoms. The number of imide groups is 1. The zero-order valence-electron chi connectivity index (χ0n) is 13.7. The quantitative estimate of drug-likeness (QED) is 0.822. The molecular weight excluding hydrogens is 346 g/mol. The lowest BCUT2D eigenvalue weighted by Gasteiger charge is -2.24. The highest BCUT2D eigenvalue weighted by molar-refractivity contribution is 6.00. The molecule has 2 aliphatic heterocycles. The van der Waals surface area contributed by atoms with Crippen LogP contribution in [-0.2, 0) is 4.79 Å². The van der Waals surface area contributed by atoms with Crippen LogP contribution in [0, 0.1) is 11.4 Å². The third kappa shape index (κ3) is 2.17. The van der Waals surface area contributed by atoms with Gasteiger partial charge >= 0.3 is 6.03 Å². The number of amides is 3. The van der Waals surface area contributed by atoms with E-state index >= 15 is 0 Å². The average Bonchev–Trinajstić information content (AvgIpc) is 3.19. The normalized spacial score (nSPS) is 27.1. The minimum atomic E-state index is -0.934. The van der Waals surface area contributed by atoms with Gasteiger partial charge in [-0.3, -0.25) is 10.1 Å². The number of nitrogens with one attached hydrogen (secondary N) is 2. The molecule has 4 heterocycles. The Labute approximate surface area is 146 Å². The fourth-order valence-electron chi connectivity index (χ4n) is 3.86. The Hall–Kier alpha value is -2.78. The van der Waals surface area contributed by atoms with Crippen LogP contribution >= 0.6 is 0 Å². The Morgan fingerprint density at radius 1 is 1.31 bits per heavy atom. The van der Waals surface area contributed by atoms with Crippen molar-refractivity contribution in [2.45, 2.75) is 24.9 Å². The third-order valence-electron chi connectivity index (χ3n) is 5.59. The number of carbonyl (C=O) groups excluding carboxylic acids is 2. The predicted molar refractivity (Wildman–Crippen MR) is 86.0 cm³/mol. The topological polar surface area (TPSA) is 91.6 Å². The number of imidazole rings is 1. The molecule has 0 radical (unpaired) electrons. The second-order valence-corrected chi connectivity index (χ2v) is 7.23. The molecular formula is C16H16F2N6O2. The van der Waals surface area contributed by atoms with Crippen molar-refractivity contribution in [3.05, 3.63) is 23.9 Å². The van der Waals surface area contributed by atoms with Crippen molar-refractivity contribution in [1.29, 1.82) is 0 Å². The van der Waals surface area contributed by atoms with E-state index in [9.17, 15) is 18.4 Å². The van der Waals surface area contributed by atoms with Gasteiger partial charge in [-0.15, -0.1) is 0 Å². The van der Waals surface area contributed by atoms with E-state index < -0.39 is 30.0 Å². The van der Waals surface area contributed by atoms with Gasteiger partial charge in [0.05, 0.1) is 23.5 Å². The van der Waals surface area contributed by atoms with Crippen LogP contribution in [0.3, 0.4) is 0 Å². The molecule has 26 heavy (non-hydrogen) atoms. The van der Waals surface area contributed by atoms with Crippen LogP contribution in [0.2, 0.25) is 0 Å². The number of nitrogens with zero attached hydrogens (tertiary/aromatic N) is 4. The van der Waals surface area contributed by atoms with E-state index in [1.807, 2.05) is 4.90 Å². The molecule has 2 aromatic rings. The fraction of sp³-hybridized carbons (Fsp3) is 0.500. The lowest BCUT2D eigenvalue weighted by Crippen LogP contribution is -2.51. The van der Waals surface area contributed by atoms with Crippen LogP contribution in [0.25, 0.3) is 5.65 Å². The van der Waals surface area contributed by atoms with Crippen LogP contribution in [-0.4, -0.2) is 52.3 Å². The van der Waals surface area contributed by atoms with Gasteiger partial charge in [0, 0.05) is 25.0 Å². The Morgan fingerprint density at radius 3 is 2.81 bits per heavy atom. The Morgan fingerprint density at radius 2 is 2.12 bits per heavy atom. The number of rotatable bonds is 2. The van der Waals surface area contributed by atoms with Crippen LogP contribution in [0.15, 0.2) is 12.3 Å². The molecule has 1 spiro atoms. The highest BCUT2D eigenvalue weighted by atomic mass is 19.1. The van der Waals surface area contributed by atoms with E-state index in [0.717, 1.165) is 23.6 Å². The molecule has 0 aromatic carbocycles. The largest absolute Gasteiger partial charge is 0.365 e. The molecule has 2 atom stereocenters. The average molecular weight is 362 g/mol. The summed E-state index contributed by atoms with van der Waals surface area (Å²) in [5.74, 6) is -1.92. The maximum Gasteiger partial charge on any atom is 0.321 e. The van der Waals surface area contributed by atoms with Gasteiger partial charge in [0.2, 0.25) is 11.9 Å². The lowest BCUT2D eigenvalue weighted by molar-refractivity contribution is -0.122. The molecule has 8 nitrogen and oxygen atoms in total. The molecule has 2 aromatic heterocycles. The Kier molecular flexibility index (Phi) is 3.05. The number of alkyl halides is 1. The van der Waals surface area contributed by atoms with Crippen LogP contribution < -0.4 is 15.5 Å². The second kappa shape index (κ2) is 5.12. The van der Waals surface area contributed by atoms with E-state index in [1.165, 1.54) is 0 Å². The molecule has 2 N–H and O–H groups in total. The van der Waals surface area contributed by atoms with Crippen molar-refractivity contribution < 1.29 is 18.4 Å². The summed E-state index contributed by atoms with van der Waals surface area (Å²) in [4.78, 5) is 29.4. The summed E-state index contributed by atoms with van der Waals surface area (Å²) in [5, 5.41) is 8.90. The maximum absolute atomic E-state index is 14.4. The van der Waals surface area contributed by atoms with Crippen molar-refractivity contribution in [3.8, 4) is 0 Å². The van der Waals surface area contributed by atoms with Gasteiger partial charge in [0.15, 0.2) is 5.65 Å². The number of anilines is 1. The zero-order valence-corrected chi connectivity index (χ0v) is 13.7. The minimum absolute atomic E-state index is 0.0641. The van der Waals surface area contributed by atoms with Gasteiger partial charge in [0.25, 0.3) is 0 Å². The summed E-state index contributed by atoms with van der Waals surface area (Å²) in [6.07, 6.45) is 1.81. The van der Waals surface area contributed by atoms with Crippen molar-refractivity contribution in [2.24, 2.45) is 5.41 Å². The third-order valence-corrected chi connectivity index (χ3v) is 5.59. The number of urea groups is 1. The number of aromatic nitrogens is 3. The second-order valence-electron chi connectivity index (χ2n) is 7.23. The van der Waals surface area contributed by atoms with E-state index in [4.69, 9.17) is 0 Å². The Balaban J connectivity index is 1.59. The van der Waals surface area contributed by atoms with Crippen LogP contribution in [0.4, 0.5) is 19.3 Å². The van der Waals surface area contributed by atoms with Gasteiger partial charge in [-0.2, -0.15) is 14.0 Å². The standard InChI is InChI=1S/C16H16F2N6O2/c17-11-6-23(7-16(11)1-2-16)10-3-9(8-4-20-15(26)21-14(8)25)22-24-12(18)5-19-13(10)24/h3,5,8,11H,1-2,4,6-7H2,(H2,20,21,25,26). The van der Waals surface area contributed by atoms with Gasteiger partial charge < -0.3 is 10.2 Å². The van der Waals surface area contributed by atoms with Gasteiger partial charge in [0.1, 0.15) is 6.17 Å². The molecule has 0 bridgehead atoms. The van der Waals surface area contributed by atoms with Crippen molar-refractivity contribution >= 4 is 23.3 Å². The predicted octanol–water partition coefficient (Wildman–Crippen LogP) is 0.730.